The number of ketones is 1. The van der Waals surface area contributed by atoms with Crippen LogP contribution in [0.5, 0.6) is 0 Å². The van der Waals surface area contributed by atoms with Crippen LogP contribution in [0.3, 0.4) is 0 Å². The second kappa shape index (κ2) is 28.0. The molecule has 6 N–H and O–H groups in total. The number of halogens is 1. The van der Waals surface area contributed by atoms with Gasteiger partial charge in [0.05, 0.1) is 41.8 Å². The molecule has 4 saturated heterocycles. The van der Waals surface area contributed by atoms with Gasteiger partial charge in [-0.05, 0) is 83.8 Å². The zero-order valence-electron chi connectivity index (χ0n) is 54.6. The van der Waals surface area contributed by atoms with E-state index in [1.807, 2.05) is 0 Å². The fourth-order valence-corrected chi connectivity index (χ4v) is 12.3. The Morgan fingerprint density at radius 1 is 0.674 bits per heavy atom. The van der Waals surface area contributed by atoms with Gasteiger partial charge in [-0.3, -0.25) is 57.5 Å². The molecular weight excluding hydrogens is 1220 g/mol. The van der Waals surface area contributed by atoms with Crippen LogP contribution < -0.4 is 32.4 Å². The number of rotatable bonds is 8. The lowest BCUT2D eigenvalue weighted by atomic mass is 9.98. The van der Waals surface area contributed by atoms with E-state index >= 15 is 9.59 Å². The van der Waals surface area contributed by atoms with Gasteiger partial charge in [-0.15, -0.1) is 11.6 Å². The second-order valence-corrected chi connectivity index (χ2v) is 25.7. The van der Waals surface area contributed by atoms with E-state index in [0.717, 1.165) is 19.6 Å². The Labute approximate surface area is 536 Å². The molecule has 6 aliphatic rings. The van der Waals surface area contributed by atoms with E-state index in [2.05, 4.69) is 21.3 Å². The Kier molecular flexibility index (Phi) is 21.5. The summed E-state index contributed by atoms with van der Waals surface area (Å²) in [4.78, 5) is 212. The molecule has 0 aromatic heterocycles. The van der Waals surface area contributed by atoms with Crippen molar-refractivity contribution in [2.45, 2.75) is 175 Å². The number of nitrogens with zero attached hydrogens (tertiary/aromatic N) is 7. The highest BCUT2D eigenvalue weighted by atomic mass is 35.5. The van der Waals surface area contributed by atoms with Gasteiger partial charge in [0.25, 0.3) is 11.8 Å². The van der Waals surface area contributed by atoms with E-state index in [9.17, 15) is 57.5 Å². The lowest BCUT2D eigenvalue weighted by molar-refractivity contribution is -0.163. The van der Waals surface area contributed by atoms with Crippen molar-refractivity contribution in [2.75, 3.05) is 52.9 Å². The summed E-state index contributed by atoms with van der Waals surface area (Å²) in [7, 11) is 5.33. The number of amides is 10. The van der Waals surface area contributed by atoms with Crippen LogP contribution in [0.4, 0.5) is 5.69 Å². The van der Waals surface area contributed by atoms with Gasteiger partial charge in [0.15, 0.2) is 17.1 Å². The summed E-state index contributed by atoms with van der Waals surface area (Å²) in [5.41, 5.74) is 3.09. The Balaban J connectivity index is 1.33. The Morgan fingerprint density at radius 2 is 1.22 bits per heavy atom. The number of Topliss-reactive ketones (excluding diaryl/α,β-unsaturated/α-hetero) is 1. The minimum Gasteiger partial charge on any atom is -0.458 e. The average Bonchev–Trinajstić information content (AvgIpc) is 0.867. The summed E-state index contributed by atoms with van der Waals surface area (Å²) in [6, 6.07) is -10.7. The number of aromatic nitrogens is 1. The average molecular weight is 1300 g/mol. The number of alkyl halides is 1. The fraction of sp³-hybridized carbons (Fsp3) is 0.597. The molecule has 1 aromatic rings. The molecule has 0 spiro atoms. The van der Waals surface area contributed by atoms with Crippen molar-refractivity contribution in [2.24, 2.45) is 17.8 Å². The maximum atomic E-state index is 15.2. The number of aryl methyl sites for hydroxylation is 1. The van der Waals surface area contributed by atoms with E-state index in [4.69, 9.17) is 36.2 Å². The number of cyclic esters (lactones) is 2. The van der Waals surface area contributed by atoms with Gasteiger partial charge < -0.3 is 70.3 Å². The van der Waals surface area contributed by atoms with Crippen molar-refractivity contribution < 1.29 is 76.2 Å². The van der Waals surface area contributed by atoms with Crippen LogP contribution in [0.25, 0.3) is 22.6 Å². The number of nitrogens with one attached hydrogen (secondary N) is 4. The molecule has 7 rings (SSSR count). The molecule has 500 valence electrons. The molecule has 5 heterocycles. The molecule has 4 fully saturated rings. The van der Waals surface area contributed by atoms with E-state index < -0.39 is 215 Å². The largest absolute Gasteiger partial charge is 0.458 e. The lowest BCUT2D eigenvalue weighted by Gasteiger charge is -2.37. The third-order valence-corrected chi connectivity index (χ3v) is 18.2. The summed E-state index contributed by atoms with van der Waals surface area (Å²) in [6.45, 7) is 17.4. The van der Waals surface area contributed by atoms with Crippen LogP contribution in [-0.4, -0.2) is 231 Å². The normalized spacial score (nSPS) is 27.5. The Hall–Kier alpha value is -8.76. The number of esters is 2. The van der Waals surface area contributed by atoms with Crippen molar-refractivity contribution in [3.63, 3.8) is 0 Å². The van der Waals surface area contributed by atoms with Crippen molar-refractivity contribution >= 4 is 105 Å². The van der Waals surface area contributed by atoms with Crippen LogP contribution in [0, 0.1) is 31.6 Å². The maximum Gasteiger partial charge on any atom is 0.329 e. The van der Waals surface area contributed by atoms with Gasteiger partial charge in [0, 0.05) is 46.2 Å². The minimum atomic E-state index is -2.07. The first-order valence-corrected chi connectivity index (χ1v) is 31.0. The molecule has 0 unspecified atom stereocenters. The summed E-state index contributed by atoms with van der Waals surface area (Å²) in [5.74, 6) is -14.4. The number of anilines is 1. The van der Waals surface area contributed by atoms with Gasteiger partial charge in [-0.25, -0.2) is 14.6 Å². The molecule has 1 aromatic carbocycles. The van der Waals surface area contributed by atoms with E-state index in [-0.39, 0.29) is 34.4 Å². The summed E-state index contributed by atoms with van der Waals surface area (Å²) < 4.78 is 18.1. The number of hydrogen-bond acceptors (Lipinski definition) is 19. The number of fused-ring (bicyclic) bond motifs is 4. The molecule has 92 heavy (non-hydrogen) atoms. The highest BCUT2D eigenvalue weighted by molar-refractivity contribution is 6.19. The van der Waals surface area contributed by atoms with Crippen LogP contribution >= 0.6 is 11.6 Å². The first-order valence-electron chi connectivity index (χ1n) is 30.5. The van der Waals surface area contributed by atoms with Crippen LogP contribution in [0.1, 0.15) is 120 Å². The fourth-order valence-electron chi connectivity index (χ4n) is 12.1. The molecule has 0 radical (unpaired) electrons. The van der Waals surface area contributed by atoms with Crippen LogP contribution in [0.2, 0.25) is 0 Å². The van der Waals surface area contributed by atoms with Crippen molar-refractivity contribution in [1.82, 2.24) is 55.7 Å². The number of nitrogen functional groups attached to an aromatic ring is 1. The Morgan fingerprint density at radius 3 is 1.78 bits per heavy atom. The number of nitrogens with two attached hydrogens (primary N) is 1. The van der Waals surface area contributed by atoms with Gasteiger partial charge in [0.2, 0.25) is 52.7 Å². The summed E-state index contributed by atoms with van der Waals surface area (Å²) in [5, 5.41) is 10.4. The van der Waals surface area contributed by atoms with Gasteiger partial charge in [-0.2, -0.15) is 0 Å². The zero-order chi connectivity index (χ0) is 68.7. The standard InChI is InChI=1S/C62H83ClN12O17/c1-25(2)43-59(86)74-29(8)18-20-35(74)57(84)70(13)24-40(78)73(16)49(27(5)6)62(89)90-33(12)45(55(82)66-43)68-53(80)34-19-17-28(7)51-46(34)65-48-41(42(64)50(79)30(9)52(48)92-51)54(81)69-47-38(22-63)91-61(88)32(11)72(15)39(77)23-71(14)58(85)36-21-37(76)31(10)75(36)60(87)44(26(3)4)67-56(47)83/h17,19,25-27,29,31-33,35-36,38,43-45,47,49H,18,20-24,64H2,1-16H3,(H,66,82)(H,67,83)(H,68,80)(H,69,81)/t29-,31-,32+,33+,35+,36+,38+,43-,44-,45+,47+,49+/m1/s1. The number of benzene rings is 2. The lowest BCUT2D eigenvalue weighted by Crippen LogP contribution is -2.62. The van der Waals surface area contributed by atoms with Crippen LogP contribution in [-0.2, 0) is 62.2 Å². The third kappa shape index (κ3) is 13.7. The number of hydrogen-bond donors (Lipinski definition) is 5. The predicted molar refractivity (Wildman–Crippen MR) is 331 cm³/mol. The predicted octanol–water partition coefficient (Wildman–Crippen LogP) is 0.264. The van der Waals surface area contributed by atoms with E-state index in [1.165, 1.54) is 77.8 Å². The monoisotopic (exact) mass is 1300 g/mol. The topological polar surface area (TPSA) is 377 Å². The maximum absolute atomic E-state index is 15.2. The van der Waals surface area contributed by atoms with Crippen molar-refractivity contribution in [3.8, 4) is 11.5 Å². The molecule has 5 aliphatic heterocycles. The molecule has 1 aliphatic carbocycles. The van der Waals surface area contributed by atoms with E-state index in [1.54, 1.807) is 55.4 Å². The molecule has 29 nitrogen and oxygen atoms in total. The van der Waals surface area contributed by atoms with Gasteiger partial charge >= 0.3 is 11.9 Å². The molecule has 30 heteroatoms. The molecular formula is C62H83ClN12O17. The minimum absolute atomic E-state index is 0.115. The van der Waals surface area contributed by atoms with Crippen molar-refractivity contribution in [3.05, 3.63) is 44.6 Å². The highest BCUT2D eigenvalue weighted by Crippen LogP contribution is 2.36. The van der Waals surface area contributed by atoms with Crippen LogP contribution in [0.15, 0.2) is 21.3 Å². The summed E-state index contributed by atoms with van der Waals surface area (Å²) in [6.07, 6.45) is -3.09. The SMILES string of the molecule is Cc1c2oc3c(C)ccc(C(=O)N[C@@H]4C(=O)N[C@H](C(C)C)C(=O)N5[C@H](C)CC[C@H]5C(=O)N(C)CC(=O)N(C)[C@@H](C(C)C)C(=O)O[C@H]4C)c3nc-2c(C(=O)N[C@@H]2C(=O)N[C@H](C(C)C)C(=O)N3[C@H](C)C(=O)C[C@H]3C(=O)N(C)CC(=O)N(C)[C@@H](C)C(=O)O[C@H]2CCl)c(N)c1=O. The van der Waals surface area contributed by atoms with Gasteiger partial charge in [-0.1, -0.05) is 47.6 Å². The molecule has 12 atom stereocenters. The number of likely N-dealkylation sites (N-methyl/N-ethyl adjacent to an activating group) is 4. The van der Waals surface area contributed by atoms with Gasteiger partial charge in [0.1, 0.15) is 71.8 Å². The second-order valence-electron chi connectivity index (χ2n) is 25.4. The van der Waals surface area contributed by atoms with Crippen molar-refractivity contribution in [1.29, 1.82) is 0 Å². The molecule has 10 amide bonds. The van der Waals surface area contributed by atoms with E-state index in [0.29, 0.717) is 12.0 Å². The first kappa shape index (κ1) is 70.7. The first-order chi connectivity index (χ1) is 43.0. The number of carbonyl (C=O) groups excluding carboxylic acids is 13. The number of carbonyl (C=O) groups is 13. The zero-order valence-corrected chi connectivity index (χ0v) is 55.3. The number of ether oxygens (including phenoxy) is 2. The molecule has 0 saturated carbocycles. The Bertz CT molecular complexity index is 3550. The third-order valence-electron chi connectivity index (χ3n) is 17.9. The highest BCUT2D eigenvalue weighted by Gasteiger charge is 2.50. The quantitative estimate of drug-likeness (QED) is 0.0874. The smallest absolute Gasteiger partial charge is 0.329 e. The molecule has 0 bridgehead atoms. The summed E-state index contributed by atoms with van der Waals surface area (Å²) >= 11 is 6.49.